The van der Waals surface area contributed by atoms with Crippen molar-refractivity contribution in [3.05, 3.63) is 29.8 Å². The minimum atomic E-state index is -3.96. The van der Waals surface area contributed by atoms with Crippen molar-refractivity contribution in [3.63, 3.8) is 0 Å². The van der Waals surface area contributed by atoms with Crippen molar-refractivity contribution in [2.45, 2.75) is 36.9 Å². The highest BCUT2D eigenvalue weighted by Crippen LogP contribution is 2.50. The summed E-state index contributed by atoms with van der Waals surface area (Å²) >= 11 is 0. The molecule has 112 valence electrons. The lowest BCUT2D eigenvalue weighted by Crippen LogP contribution is -2.57. The zero-order valence-electron chi connectivity index (χ0n) is 11.7. The first-order valence-electron chi connectivity index (χ1n) is 6.31. The Morgan fingerprint density at radius 1 is 1.19 bits per heavy atom. The Labute approximate surface area is 121 Å². The lowest BCUT2D eigenvalue weighted by Gasteiger charge is -2.38. The highest BCUT2D eigenvalue weighted by Gasteiger charge is 2.68. The van der Waals surface area contributed by atoms with Crippen LogP contribution in [0.25, 0.3) is 0 Å². The molecule has 2 aliphatic heterocycles. The number of sulfonamides is 1. The van der Waals surface area contributed by atoms with Crippen LogP contribution in [0.4, 0.5) is 4.79 Å². The molecule has 2 aliphatic rings. The van der Waals surface area contributed by atoms with E-state index < -0.39 is 33.3 Å². The molecule has 0 saturated carbocycles. The van der Waals surface area contributed by atoms with Crippen LogP contribution in [0.2, 0.25) is 0 Å². The normalized spacial score (nSPS) is 27.6. The summed E-state index contributed by atoms with van der Waals surface area (Å²) in [6, 6.07) is 6.04. The molecule has 1 atom stereocenters. The third kappa shape index (κ3) is 1.60. The van der Waals surface area contributed by atoms with Crippen molar-refractivity contribution < 1.29 is 22.7 Å². The summed E-state index contributed by atoms with van der Waals surface area (Å²) in [6.07, 6.45) is -0.957. The molecule has 21 heavy (non-hydrogen) atoms. The first-order chi connectivity index (χ1) is 9.61. The number of nitrogens with one attached hydrogen (secondary N) is 1. The van der Waals surface area contributed by atoms with Crippen molar-refractivity contribution in [1.82, 2.24) is 9.62 Å². The van der Waals surface area contributed by atoms with Gasteiger partial charge in [-0.1, -0.05) is 18.2 Å². The maximum atomic E-state index is 12.8. The lowest BCUT2D eigenvalue weighted by atomic mass is 9.97. The molecule has 1 aromatic carbocycles. The van der Waals surface area contributed by atoms with Gasteiger partial charge in [-0.25, -0.2) is 13.2 Å². The third-order valence-electron chi connectivity index (χ3n) is 3.43. The predicted molar refractivity (Wildman–Crippen MR) is 71.5 cm³/mol. The number of hydrogen-bond acceptors (Lipinski definition) is 5. The topological polar surface area (TPSA) is 92.8 Å². The first kappa shape index (κ1) is 14.0. The second kappa shape index (κ2) is 3.83. The standard InChI is InChI=1S/C13H14N2O5S/c1-12(2,3)15-13(10(16)14-11(17)20-13)8-6-4-5-7-9(8)21(15,18)19/h4-7H,1-3H3,(H,14,16,17). The first-order valence-corrected chi connectivity index (χ1v) is 7.75. The van der Waals surface area contributed by atoms with Gasteiger partial charge < -0.3 is 4.74 Å². The Morgan fingerprint density at radius 2 is 1.81 bits per heavy atom. The largest absolute Gasteiger partial charge is 0.416 e. The number of nitrogens with zero attached hydrogens (tertiary/aromatic N) is 1. The number of rotatable bonds is 0. The molecule has 0 radical (unpaired) electrons. The molecule has 3 rings (SSSR count). The monoisotopic (exact) mass is 310 g/mol. The van der Waals surface area contributed by atoms with Crippen LogP contribution in [-0.2, 0) is 25.3 Å². The van der Waals surface area contributed by atoms with Gasteiger partial charge in [0.05, 0.1) is 4.90 Å². The molecule has 0 aliphatic carbocycles. The molecule has 1 aromatic rings. The third-order valence-corrected chi connectivity index (χ3v) is 5.63. The number of fused-ring (bicyclic) bond motifs is 2. The van der Waals surface area contributed by atoms with Gasteiger partial charge in [0, 0.05) is 11.1 Å². The van der Waals surface area contributed by atoms with Gasteiger partial charge in [0.15, 0.2) is 0 Å². The number of benzene rings is 1. The van der Waals surface area contributed by atoms with Crippen molar-refractivity contribution in [2.24, 2.45) is 0 Å². The molecule has 0 aromatic heterocycles. The van der Waals surface area contributed by atoms with Crippen LogP contribution in [0, 0.1) is 0 Å². The average Bonchev–Trinajstić information content (AvgIpc) is 2.73. The predicted octanol–water partition coefficient (Wildman–Crippen LogP) is 0.909. The number of amides is 2. The Kier molecular flexibility index (Phi) is 2.56. The second-order valence-electron chi connectivity index (χ2n) is 5.92. The Hall–Kier alpha value is -1.93. The molecule has 1 spiro atoms. The van der Waals surface area contributed by atoms with E-state index in [4.69, 9.17) is 4.74 Å². The van der Waals surface area contributed by atoms with Crippen LogP contribution >= 0.6 is 0 Å². The fourth-order valence-electron chi connectivity index (χ4n) is 2.88. The summed E-state index contributed by atoms with van der Waals surface area (Å²) in [5.41, 5.74) is -2.77. The summed E-state index contributed by atoms with van der Waals surface area (Å²) in [5.74, 6) is -0.795. The summed E-state index contributed by atoms with van der Waals surface area (Å²) in [4.78, 5) is 23.9. The molecular weight excluding hydrogens is 296 g/mol. The molecule has 1 unspecified atom stereocenters. The van der Waals surface area contributed by atoms with Gasteiger partial charge in [-0.15, -0.1) is 4.31 Å². The lowest BCUT2D eigenvalue weighted by molar-refractivity contribution is -0.148. The quantitative estimate of drug-likeness (QED) is 0.769. The number of ether oxygens (including phenoxy) is 1. The minimum Gasteiger partial charge on any atom is -0.412 e. The maximum Gasteiger partial charge on any atom is 0.416 e. The summed E-state index contributed by atoms with van der Waals surface area (Å²) < 4.78 is 31.7. The number of alkyl carbamates (subject to hydrolysis) is 1. The average molecular weight is 310 g/mol. The van der Waals surface area contributed by atoms with Gasteiger partial charge in [-0.2, -0.15) is 0 Å². The summed E-state index contributed by atoms with van der Waals surface area (Å²) in [5, 5.41) is 2.02. The van der Waals surface area contributed by atoms with Crippen molar-refractivity contribution >= 4 is 22.0 Å². The highest BCUT2D eigenvalue weighted by molar-refractivity contribution is 7.89. The SMILES string of the molecule is CC(C)(C)N1C2(OC(=O)NC2=O)c2ccccc2S1(=O)=O. The minimum absolute atomic E-state index is 0.0234. The fraction of sp³-hybridized carbons (Fsp3) is 0.385. The Balaban J connectivity index is 2.41. The summed E-state index contributed by atoms with van der Waals surface area (Å²) in [6.45, 7) is 4.91. The van der Waals surface area contributed by atoms with Crippen LogP contribution < -0.4 is 5.32 Å². The van der Waals surface area contributed by atoms with Crippen molar-refractivity contribution in [3.8, 4) is 0 Å². The van der Waals surface area contributed by atoms with Gasteiger partial charge in [-0.3, -0.25) is 10.1 Å². The van der Waals surface area contributed by atoms with E-state index in [1.807, 2.05) is 5.32 Å². The van der Waals surface area contributed by atoms with Crippen molar-refractivity contribution in [2.75, 3.05) is 0 Å². The number of hydrogen-bond donors (Lipinski definition) is 1. The van der Waals surface area contributed by atoms with E-state index in [2.05, 4.69) is 0 Å². The van der Waals surface area contributed by atoms with E-state index in [0.717, 1.165) is 4.31 Å². The van der Waals surface area contributed by atoms with Crippen LogP contribution in [-0.4, -0.2) is 30.3 Å². The van der Waals surface area contributed by atoms with E-state index >= 15 is 0 Å². The van der Waals surface area contributed by atoms with Crippen LogP contribution in [0.1, 0.15) is 26.3 Å². The van der Waals surface area contributed by atoms with Crippen LogP contribution in [0.5, 0.6) is 0 Å². The smallest absolute Gasteiger partial charge is 0.412 e. The molecule has 1 N–H and O–H groups in total. The number of carbonyl (C=O) groups is 2. The Bertz CT molecular complexity index is 765. The van der Waals surface area contributed by atoms with Gasteiger partial charge >= 0.3 is 6.09 Å². The highest BCUT2D eigenvalue weighted by atomic mass is 32.2. The van der Waals surface area contributed by atoms with Crippen LogP contribution in [0.3, 0.4) is 0 Å². The zero-order chi connectivity index (χ0) is 15.6. The second-order valence-corrected chi connectivity index (χ2v) is 7.68. The van der Waals surface area contributed by atoms with E-state index in [1.165, 1.54) is 12.1 Å². The van der Waals surface area contributed by atoms with E-state index in [-0.39, 0.29) is 10.5 Å². The maximum absolute atomic E-state index is 12.8. The number of carbonyl (C=O) groups excluding carboxylic acids is 2. The van der Waals surface area contributed by atoms with E-state index in [9.17, 15) is 18.0 Å². The molecule has 1 saturated heterocycles. The van der Waals surface area contributed by atoms with E-state index in [0.29, 0.717) is 0 Å². The Morgan fingerprint density at radius 3 is 2.33 bits per heavy atom. The molecular formula is C13H14N2O5S. The van der Waals surface area contributed by atoms with Gasteiger partial charge in [0.25, 0.3) is 11.6 Å². The van der Waals surface area contributed by atoms with Gasteiger partial charge in [0.1, 0.15) is 0 Å². The molecule has 8 heteroatoms. The van der Waals surface area contributed by atoms with Gasteiger partial charge in [-0.05, 0) is 26.8 Å². The fourth-order valence-corrected chi connectivity index (χ4v) is 5.09. The summed E-state index contributed by atoms with van der Waals surface area (Å²) in [7, 11) is -3.96. The van der Waals surface area contributed by atoms with Crippen molar-refractivity contribution in [1.29, 1.82) is 0 Å². The zero-order valence-corrected chi connectivity index (χ0v) is 12.5. The molecule has 2 heterocycles. The molecule has 1 fully saturated rings. The molecule has 7 nitrogen and oxygen atoms in total. The molecule has 2 amide bonds. The van der Waals surface area contributed by atoms with E-state index in [1.54, 1.807) is 32.9 Å². The van der Waals surface area contributed by atoms with Gasteiger partial charge in [0.2, 0.25) is 10.0 Å². The molecule has 0 bridgehead atoms. The van der Waals surface area contributed by atoms with Crippen LogP contribution in [0.15, 0.2) is 29.2 Å². The number of imide groups is 1.